The van der Waals surface area contributed by atoms with Crippen molar-refractivity contribution in [3.8, 4) is 11.5 Å². The van der Waals surface area contributed by atoms with Crippen LogP contribution in [0.2, 0.25) is 0 Å². The molecule has 0 radical (unpaired) electrons. The van der Waals surface area contributed by atoms with Crippen LogP contribution in [0.25, 0.3) is 0 Å². The van der Waals surface area contributed by atoms with E-state index in [1.807, 2.05) is 30.3 Å². The molecule has 2 atom stereocenters. The second-order valence-electron chi connectivity index (χ2n) is 10.6. The number of rotatable bonds is 8. The summed E-state index contributed by atoms with van der Waals surface area (Å²) in [7, 11) is 3.32. The summed E-state index contributed by atoms with van der Waals surface area (Å²) < 4.78 is 11.2. The summed E-state index contributed by atoms with van der Waals surface area (Å²) in [5, 5.41) is 0. The highest BCUT2D eigenvalue weighted by Crippen LogP contribution is 2.43. The average Bonchev–Trinajstić information content (AvgIpc) is 2.87. The Morgan fingerprint density at radius 1 is 1.00 bits per heavy atom. The van der Waals surface area contributed by atoms with E-state index in [9.17, 15) is 4.79 Å². The number of methoxy groups -OCH3 is 2. The van der Waals surface area contributed by atoms with Gasteiger partial charge in [0.25, 0.3) is 0 Å². The van der Waals surface area contributed by atoms with Gasteiger partial charge in [0, 0.05) is 12.6 Å². The molecule has 0 unspecified atom stereocenters. The van der Waals surface area contributed by atoms with Gasteiger partial charge >= 0.3 is 0 Å². The molecular weight excluding hydrogens is 448 g/mol. The highest BCUT2D eigenvalue weighted by atomic mass is 16.5. The Morgan fingerprint density at radius 3 is 2.22 bits per heavy atom. The third-order valence-electron chi connectivity index (χ3n) is 7.29. The molecule has 1 aliphatic heterocycles. The van der Waals surface area contributed by atoms with E-state index in [1.165, 1.54) is 22.3 Å². The molecule has 1 aliphatic rings. The molecule has 1 amide bonds. The number of nitrogens with two attached hydrogens (primary N) is 1. The minimum Gasteiger partial charge on any atom is -0.493 e. The van der Waals surface area contributed by atoms with Gasteiger partial charge in [-0.25, -0.2) is 0 Å². The largest absolute Gasteiger partial charge is 0.493 e. The fourth-order valence-electron chi connectivity index (χ4n) is 5.31. The quantitative estimate of drug-likeness (QED) is 0.440. The van der Waals surface area contributed by atoms with E-state index in [1.54, 1.807) is 14.2 Å². The third-order valence-corrected chi connectivity index (χ3v) is 7.29. The molecule has 4 rings (SSSR count). The van der Waals surface area contributed by atoms with Crippen molar-refractivity contribution in [2.24, 2.45) is 5.73 Å². The monoisotopic (exact) mass is 486 g/mol. The molecule has 3 aromatic rings. The average molecular weight is 487 g/mol. The Bertz CT molecular complexity index is 1180. The smallest absolute Gasteiger partial charge is 0.239 e. The van der Waals surface area contributed by atoms with Gasteiger partial charge in [0.05, 0.1) is 14.2 Å². The zero-order chi connectivity index (χ0) is 25.9. The van der Waals surface area contributed by atoms with Crippen LogP contribution in [0, 0.1) is 0 Å². The topological polar surface area (TPSA) is 64.8 Å². The van der Waals surface area contributed by atoms with Crippen LogP contribution < -0.4 is 15.2 Å². The van der Waals surface area contributed by atoms with E-state index in [2.05, 4.69) is 62.1 Å². The summed E-state index contributed by atoms with van der Waals surface area (Å²) in [6.07, 6.45) is 2.55. The number of nitrogens with zero attached hydrogens (tertiary/aromatic N) is 1. The van der Waals surface area contributed by atoms with Gasteiger partial charge in [-0.1, -0.05) is 75.4 Å². The SMILES string of the molecule is COc1cc2c(cc1OC)[C@H](CCc1ccc(C(C)(C)C)cc1)N([C@@H](C(N)=O)c1ccccc1)CC2. The highest BCUT2D eigenvalue weighted by molar-refractivity contribution is 5.81. The molecule has 0 aliphatic carbocycles. The zero-order valence-corrected chi connectivity index (χ0v) is 22.1. The van der Waals surface area contributed by atoms with Crippen LogP contribution in [0.1, 0.15) is 67.1 Å². The molecule has 36 heavy (non-hydrogen) atoms. The van der Waals surface area contributed by atoms with Crippen LogP contribution in [0.4, 0.5) is 0 Å². The summed E-state index contributed by atoms with van der Waals surface area (Å²) in [6, 6.07) is 22.4. The number of carbonyl (C=O) groups is 1. The zero-order valence-electron chi connectivity index (χ0n) is 22.1. The van der Waals surface area contributed by atoms with Crippen molar-refractivity contribution >= 4 is 5.91 Å². The van der Waals surface area contributed by atoms with Crippen molar-refractivity contribution in [1.29, 1.82) is 0 Å². The number of hydrogen-bond donors (Lipinski definition) is 1. The van der Waals surface area contributed by atoms with Crippen LogP contribution in [0.5, 0.6) is 11.5 Å². The molecule has 0 spiro atoms. The van der Waals surface area contributed by atoms with Crippen LogP contribution >= 0.6 is 0 Å². The summed E-state index contributed by atoms with van der Waals surface area (Å²) in [4.78, 5) is 15.1. The maximum atomic E-state index is 12.8. The molecule has 0 saturated heterocycles. The van der Waals surface area contributed by atoms with E-state index in [-0.39, 0.29) is 17.4 Å². The van der Waals surface area contributed by atoms with Crippen LogP contribution in [0.15, 0.2) is 66.7 Å². The fraction of sp³-hybridized carbons (Fsp3) is 0.387. The van der Waals surface area contributed by atoms with Crippen molar-refractivity contribution in [2.45, 2.75) is 57.5 Å². The summed E-state index contributed by atoms with van der Waals surface area (Å²) in [6.45, 7) is 7.43. The summed E-state index contributed by atoms with van der Waals surface area (Å²) in [5.74, 6) is 1.10. The highest BCUT2D eigenvalue weighted by Gasteiger charge is 2.36. The lowest BCUT2D eigenvalue weighted by Crippen LogP contribution is -2.44. The summed E-state index contributed by atoms with van der Waals surface area (Å²) >= 11 is 0. The van der Waals surface area contributed by atoms with Crippen LogP contribution in [0.3, 0.4) is 0 Å². The first kappa shape index (κ1) is 25.8. The van der Waals surface area contributed by atoms with Crippen molar-refractivity contribution in [1.82, 2.24) is 4.90 Å². The van der Waals surface area contributed by atoms with Crippen molar-refractivity contribution in [2.75, 3.05) is 20.8 Å². The molecule has 0 bridgehead atoms. The number of hydrogen-bond acceptors (Lipinski definition) is 4. The Kier molecular flexibility index (Phi) is 7.70. The van der Waals surface area contributed by atoms with E-state index >= 15 is 0 Å². The first-order valence-corrected chi connectivity index (χ1v) is 12.7. The lowest BCUT2D eigenvalue weighted by atomic mass is 9.85. The van der Waals surface area contributed by atoms with E-state index in [4.69, 9.17) is 15.2 Å². The fourth-order valence-corrected chi connectivity index (χ4v) is 5.31. The number of primary amides is 1. The molecule has 5 heteroatoms. The van der Waals surface area contributed by atoms with Gasteiger partial charge in [-0.05, 0) is 64.6 Å². The normalized spacial score (nSPS) is 16.8. The molecule has 0 fully saturated rings. The number of benzene rings is 3. The third kappa shape index (κ3) is 5.41. The number of carbonyl (C=O) groups excluding carboxylic acids is 1. The van der Waals surface area contributed by atoms with Gasteiger partial charge in [-0.2, -0.15) is 0 Å². The first-order chi connectivity index (χ1) is 17.2. The molecule has 2 N–H and O–H groups in total. The minimum absolute atomic E-state index is 0.00792. The Morgan fingerprint density at radius 2 is 1.64 bits per heavy atom. The van der Waals surface area contributed by atoms with Crippen LogP contribution in [-0.4, -0.2) is 31.6 Å². The van der Waals surface area contributed by atoms with Gasteiger partial charge in [0.1, 0.15) is 6.04 Å². The van der Waals surface area contributed by atoms with Crippen molar-refractivity contribution in [3.05, 3.63) is 94.5 Å². The lowest BCUT2D eigenvalue weighted by Gasteiger charge is -2.41. The molecule has 3 aromatic carbocycles. The number of amides is 1. The maximum Gasteiger partial charge on any atom is 0.239 e. The van der Waals surface area contributed by atoms with E-state index < -0.39 is 6.04 Å². The van der Waals surface area contributed by atoms with Gasteiger partial charge in [-0.3, -0.25) is 9.69 Å². The Labute approximate surface area is 215 Å². The van der Waals surface area contributed by atoms with Gasteiger partial charge in [0.2, 0.25) is 5.91 Å². The molecule has 1 heterocycles. The minimum atomic E-state index is -0.499. The number of ether oxygens (including phenoxy) is 2. The Balaban J connectivity index is 1.71. The molecular formula is C31H38N2O3. The van der Waals surface area contributed by atoms with Gasteiger partial charge in [-0.15, -0.1) is 0 Å². The van der Waals surface area contributed by atoms with Crippen LogP contribution in [-0.2, 0) is 23.1 Å². The second kappa shape index (κ2) is 10.8. The Hall–Kier alpha value is -3.31. The molecule has 0 aromatic heterocycles. The van der Waals surface area contributed by atoms with E-state index in [0.717, 1.165) is 37.1 Å². The maximum absolute atomic E-state index is 12.8. The molecule has 0 saturated carbocycles. The second-order valence-corrected chi connectivity index (χ2v) is 10.6. The number of aryl methyl sites for hydroxylation is 1. The number of fused-ring (bicyclic) bond motifs is 1. The van der Waals surface area contributed by atoms with Gasteiger partial charge in [0.15, 0.2) is 11.5 Å². The first-order valence-electron chi connectivity index (χ1n) is 12.7. The lowest BCUT2D eigenvalue weighted by molar-refractivity contribution is -0.124. The van der Waals surface area contributed by atoms with Crippen molar-refractivity contribution < 1.29 is 14.3 Å². The van der Waals surface area contributed by atoms with Gasteiger partial charge < -0.3 is 15.2 Å². The summed E-state index contributed by atoms with van der Waals surface area (Å²) in [5.41, 5.74) is 12.1. The standard InChI is InChI=1S/C31H38N2O3/c1-31(2,3)24-14-11-21(12-15-24)13-16-26-25-20-28(36-5)27(35-4)19-23(25)17-18-33(26)29(30(32)34)22-9-7-6-8-10-22/h6-12,14-15,19-20,26,29H,13,16-18H2,1-5H3,(H2,32,34)/t26-,29+/m0/s1. The van der Waals surface area contributed by atoms with Crippen molar-refractivity contribution in [3.63, 3.8) is 0 Å². The van der Waals surface area contributed by atoms with E-state index in [0.29, 0.717) is 5.75 Å². The predicted molar refractivity (Wildman–Crippen MR) is 145 cm³/mol. The molecule has 5 nitrogen and oxygen atoms in total. The molecule has 190 valence electrons. The predicted octanol–water partition coefficient (Wildman–Crippen LogP) is 5.76.